The molecular formula is C11H15N3O2. The summed E-state index contributed by atoms with van der Waals surface area (Å²) in [5.74, 6) is -0.897. The molecule has 2 N–H and O–H groups in total. The molecule has 2 atom stereocenters. The number of nitrogens with zero attached hydrogens (tertiary/aromatic N) is 2. The predicted octanol–water partition coefficient (Wildman–Crippen LogP) is 1.53. The maximum Gasteiger partial charge on any atom is 0.306 e. The van der Waals surface area contributed by atoms with Crippen LogP contribution in [-0.4, -0.2) is 27.1 Å². The molecule has 0 radical (unpaired) electrons. The number of aliphatic carboxylic acids is 1. The van der Waals surface area contributed by atoms with E-state index in [2.05, 4.69) is 15.3 Å². The molecule has 1 aromatic heterocycles. The molecule has 16 heavy (non-hydrogen) atoms. The zero-order chi connectivity index (χ0) is 11.4. The summed E-state index contributed by atoms with van der Waals surface area (Å²) in [6.45, 7) is 0. The third-order valence-electron chi connectivity index (χ3n) is 2.95. The highest BCUT2D eigenvalue weighted by molar-refractivity contribution is 5.70. The Morgan fingerprint density at radius 3 is 2.81 bits per heavy atom. The van der Waals surface area contributed by atoms with E-state index >= 15 is 0 Å². The van der Waals surface area contributed by atoms with Crippen LogP contribution in [0, 0.1) is 5.92 Å². The number of carbonyl (C=O) groups is 1. The van der Waals surface area contributed by atoms with Crippen molar-refractivity contribution in [1.29, 1.82) is 0 Å². The minimum atomic E-state index is -0.684. The number of carboxylic acid groups (broad SMARTS) is 1. The molecule has 0 spiro atoms. The smallest absolute Gasteiger partial charge is 0.306 e. The fraction of sp³-hybridized carbons (Fsp3) is 0.545. The van der Waals surface area contributed by atoms with Crippen molar-refractivity contribution in [3.63, 3.8) is 0 Å². The zero-order valence-electron chi connectivity index (χ0n) is 8.97. The minimum Gasteiger partial charge on any atom is -0.481 e. The second-order valence-corrected chi connectivity index (χ2v) is 4.17. The summed E-state index contributed by atoms with van der Waals surface area (Å²) < 4.78 is 0. The highest BCUT2D eigenvalue weighted by Gasteiger charge is 2.26. The third kappa shape index (κ3) is 2.68. The molecule has 2 unspecified atom stereocenters. The lowest BCUT2D eigenvalue weighted by Crippen LogP contribution is -2.30. The molecule has 5 heteroatoms. The summed E-state index contributed by atoms with van der Waals surface area (Å²) in [5.41, 5.74) is 0.860. The Labute approximate surface area is 93.9 Å². The van der Waals surface area contributed by atoms with Crippen LogP contribution in [0.4, 0.5) is 5.69 Å². The molecule has 1 aromatic rings. The number of hydrogen-bond donors (Lipinski definition) is 2. The maximum absolute atomic E-state index is 10.9. The van der Waals surface area contributed by atoms with Crippen molar-refractivity contribution in [3.05, 3.63) is 18.7 Å². The first-order valence-electron chi connectivity index (χ1n) is 5.50. The van der Waals surface area contributed by atoms with E-state index in [1.54, 1.807) is 12.4 Å². The van der Waals surface area contributed by atoms with Gasteiger partial charge in [0.15, 0.2) is 0 Å². The Bertz CT molecular complexity index is 356. The monoisotopic (exact) mass is 221 g/mol. The molecule has 1 heterocycles. The quantitative estimate of drug-likeness (QED) is 0.809. The van der Waals surface area contributed by atoms with Crippen LogP contribution in [0.1, 0.15) is 25.7 Å². The van der Waals surface area contributed by atoms with Crippen molar-refractivity contribution in [2.75, 3.05) is 5.32 Å². The van der Waals surface area contributed by atoms with Crippen LogP contribution in [0.2, 0.25) is 0 Å². The summed E-state index contributed by atoms with van der Waals surface area (Å²) in [6.07, 6.45) is 8.34. The molecule has 5 nitrogen and oxygen atoms in total. The first kappa shape index (κ1) is 10.9. The first-order valence-corrected chi connectivity index (χ1v) is 5.50. The van der Waals surface area contributed by atoms with Crippen molar-refractivity contribution in [1.82, 2.24) is 9.97 Å². The average molecular weight is 221 g/mol. The van der Waals surface area contributed by atoms with Gasteiger partial charge in [-0.25, -0.2) is 9.97 Å². The zero-order valence-corrected chi connectivity index (χ0v) is 8.97. The number of aromatic nitrogens is 2. The van der Waals surface area contributed by atoms with Gasteiger partial charge in [-0.1, -0.05) is 6.42 Å². The largest absolute Gasteiger partial charge is 0.481 e. The number of hydrogen-bond acceptors (Lipinski definition) is 4. The van der Waals surface area contributed by atoms with Gasteiger partial charge in [0.25, 0.3) is 0 Å². The van der Waals surface area contributed by atoms with E-state index in [1.807, 2.05) is 0 Å². The van der Waals surface area contributed by atoms with Gasteiger partial charge >= 0.3 is 5.97 Å². The molecule has 0 aromatic carbocycles. The SMILES string of the molecule is O=C(O)C1CCCC(Nc2cncnc2)C1. The highest BCUT2D eigenvalue weighted by Crippen LogP contribution is 2.26. The summed E-state index contributed by atoms with van der Waals surface area (Å²) in [4.78, 5) is 18.7. The molecule has 1 aliphatic rings. The van der Waals surface area contributed by atoms with Crippen molar-refractivity contribution in [2.45, 2.75) is 31.7 Å². The Morgan fingerprint density at radius 1 is 1.38 bits per heavy atom. The summed E-state index contributed by atoms with van der Waals surface area (Å²) in [6, 6.07) is 0.223. The highest BCUT2D eigenvalue weighted by atomic mass is 16.4. The molecule has 0 aliphatic heterocycles. The van der Waals surface area contributed by atoms with Gasteiger partial charge in [0.1, 0.15) is 6.33 Å². The Kier molecular flexibility index (Phi) is 3.34. The van der Waals surface area contributed by atoms with Gasteiger partial charge in [0, 0.05) is 6.04 Å². The van der Waals surface area contributed by atoms with Crippen LogP contribution in [0.15, 0.2) is 18.7 Å². The van der Waals surface area contributed by atoms with Crippen LogP contribution in [0.5, 0.6) is 0 Å². The van der Waals surface area contributed by atoms with Gasteiger partial charge in [0.2, 0.25) is 0 Å². The van der Waals surface area contributed by atoms with Crippen LogP contribution in [0.3, 0.4) is 0 Å². The lowest BCUT2D eigenvalue weighted by Gasteiger charge is -2.27. The fourth-order valence-electron chi connectivity index (χ4n) is 2.15. The topological polar surface area (TPSA) is 75.1 Å². The van der Waals surface area contributed by atoms with E-state index in [-0.39, 0.29) is 12.0 Å². The van der Waals surface area contributed by atoms with E-state index in [9.17, 15) is 4.79 Å². The normalized spacial score (nSPS) is 25.0. The minimum absolute atomic E-state index is 0.212. The Morgan fingerprint density at radius 2 is 2.12 bits per heavy atom. The maximum atomic E-state index is 10.9. The van der Waals surface area contributed by atoms with Crippen molar-refractivity contribution in [3.8, 4) is 0 Å². The molecule has 2 rings (SSSR count). The molecule has 1 aliphatic carbocycles. The Hall–Kier alpha value is -1.65. The van der Waals surface area contributed by atoms with Gasteiger partial charge in [-0.3, -0.25) is 4.79 Å². The fourth-order valence-corrected chi connectivity index (χ4v) is 2.15. The molecule has 1 fully saturated rings. The van der Waals surface area contributed by atoms with Gasteiger partial charge in [0.05, 0.1) is 24.0 Å². The van der Waals surface area contributed by atoms with E-state index in [0.29, 0.717) is 6.42 Å². The number of rotatable bonds is 3. The predicted molar refractivity (Wildman–Crippen MR) is 59.0 cm³/mol. The van der Waals surface area contributed by atoms with Gasteiger partial charge in [-0.05, 0) is 19.3 Å². The van der Waals surface area contributed by atoms with Gasteiger partial charge in [-0.15, -0.1) is 0 Å². The van der Waals surface area contributed by atoms with Crippen LogP contribution in [-0.2, 0) is 4.79 Å². The van der Waals surface area contributed by atoms with Crippen molar-refractivity contribution >= 4 is 11.7 Å². The number of carboxylic acids is 1. The Balaban J connectivity index is 1.93. The lowest BCUT2D eigenvalue weighted by molar-refractivity contribution is -0.142. The molecule has 0 saturated heterocycles. The van der Waals surface area contributed by atoms with E-state index in [1.165, 1.54) is 6.33 Å². The first-order chi connectivity index (χ1) is 7.75. The second-order valence-electron chi connectivity index (χ2n) is 4.17. The van der Waals surface area contributed by atoms with E-state index in [4.69, 9.17) is 5.11 Å². The summed E-state index contributed by atoms with van der Waals surface area (Å²) in [5, 5.41) is 12.2. The van der Waals surface area contributed by atoms with Crippen molar-refractivity contribution in [2.24, 2.45) is 5.92 Å². The molecule has 1 saturated carbocycles. The third-order valence-corrected chi connectivity index (χ3v) is 2.95. The number of nitrogens with one attached hydrogen (secondary N) is 1. The van der Waals surface area contributed by atoms with Crippen LogP contribution >= 0.6 is 0 Å². The van der Waals surface area contributed by atoms with Crippen LogP contribution < -0.4 is 5.32 Å². The summed E-state index contributed by atoms with van der Waals surface area (Å²) >= 11 is 0. The summed E-state index contributed by atoms with van der Waals surface area (Å²) in [7, 11) is 0. The number of anilines is 1. The standard InChI is InChI=1S/C11H15N3O2/c15-11(16)8-2-1-3-9(4-8)14-10-5-12-7-13-6-10/h5-9,14H,1-4H2,(H,15,16). The second kappa shape index (κ2) is 4.92. The lowest BCUT2D eigenvalue weighted by atomic mass is 9.86. The molecular weight excluding hydrogens is 206 g/mol. The van der Waals surface area contributed by atoms with Crippen molar-refractivity contribution < 1.29 is 9.90 Å². The van der Waals surface area contributed by atoms with E-state index < -0.39 is 5.97 Å². The molecule has 86 valence electrons. The van der Waals surface area contributed by atoms with E-state index in [0.717, 1.165) is 24.9 Å². The van der Waals surface area contributed by atoms with Gasteiger partial charge < -0.3 is 10.4 Å². The average Bonchev–Trinajstić information content (AvgIpc) is 2.30. The van der Waals surface area contributed by atoms with Crippen LogP contribution in [0.25, 0.3) is 0 Å². The molecule has 0 bridgehead atoms. The molecule has 0 amide bonds. The van der Waals surface area contributed by atoms with Gasteiger partial charge in [-0.2, -0.15) is 0 Å².